The number of piperazine rings is 1. The van der Waals surface area contributed by atoms with Gasteiger partial charge in [-0.2, -0.15) is 0 Å². The maximum atomic E-state index is 10.8. The van der Waals surface area contributed by atoms with E-state index >= 15 is 0 Å². The number of anilines is 1. The zero-order valence-electron chi connectivity index (χ0n) is 13.2. The summed E-state index contributed by atoms with van der Waals surface area (Å²) in [6.07, 6.45) is 5.69. The maximum Gasteiger partial charge on any atom is 0.134 e. The van der Waals surface area contributed by atoms with Gasteiger partial charge in [-0.1, -0.05) is 18.5 Å². The van der Waals surface area contributed by atoms with E-state index in [1.165, 1.54) is 6.33 Å². The molecule has 0 bridgehead atoms. The third kappa shape index (κ3) is 3.89. The van der Waals surface area contributed by atoms with Crippen LogP contribution in [0, 0.1) is 5.92 Å². The van der Waals surface area contributed by atoms with Crippen molar-refractivity contribution in [2.45, 2.75) is 38.2 Å². The van der Waals surface area contributed by atoms with Gasteiger partial charge < -0.3 is 10.0 Å². The number of β-amino-alcohol motifs (C(OH)–C–C–N with tert-alkyl or cyclic N) is 1. The summed E-state index contributed by atoms with van der Waals surface area (Å²) in [4.78, 5) is 12.8. The van der Waals surface area contributed by atoms with Crippen molar-refractivity contribution < 1.29 is 5.11 Å². The summed E-state index contributed by atoms with van der Waals surface area (Å²) >= 11 is 5.93. The molecule has 122 valence electrons. The Hall–Kier alpha value is -0.910. The molecule has 1 saturated heterocycles. The van der Waals surface area contributed by atoms with E-state index in [0.717, 1.165) is 70.1 Å². The van der Waals surface area contributed by atoms with Gasteiger partial charge in [-0.15, -0.1) is 0 Å². The Morgan fingerprint density at radius 2 is 1.91 bits per heavy atom. The SMILES string of the molecule is CC1CCC(O)(CN2CCN(c3cc(Cl)ncn3)CC2)CC1. The van der Waals surface area contributed by atoms with E-state index in [4.69, 9.17) is 11.6 Å². The van der Waals surface area contributed by atoms with E-state index in [9.17, 15) is 5.11 Å². The molecule has 1 N–H and O–H groups in total. The standard InChI is InChI=1S/C16H25ClN4O/c1-13-2-4-16(22,5-3-13)11-20-6-8-21(9-7-20)15-10-14(17)18-12-19-15/h10,12-13,22H,2-9,11H2,1H3. The number of halogens is 1. The second-order valence-electron chi connectivity index (χ2n) is 6.87. The molecule has 0 atom stereocenters. The van der Waals surface area contributed by atoms with E-state index in [1.54, 1.807) is 0 Å². The first-order chi connectivity index (χ1) is 10.5. The smallest absolute Gasteiger partial charge is 0.134 e. The first-order valence-corrected chi connectivity index (χ1v) is 8.59. The van der Waals surface area contributed by atoms with Crippen LogP contribution >= 0.6 is 11.6 Å². The Kier molecular flexibility index (Phi) is 4.85. The van der Waals surface area contributed by atoms with Crippen LogP contribution < -0.4 is 4.90 Å². The van der Waals surface area contributed by atoms with Gasteiger partial charge in [0.2, 0.25) is 0 Å². The minimum absolute atomic E-state index is 0.479. The van der Waals surface area contributed by atoms with Crippen molar-refractivity contribution >= 4 is 17.4 Å². The van der Waals surface area contributed by atoms with Crippen molar-refractivity contribution in [3.8, 4) is 0 Å². The lowest BCUT2D eigenvalue weighted by Crippen LogP contribution is -2.53. The zero-order valence-corrected chi connectivity index (χ0v) is 14.0. The largest absolute Gasteiger partial charge is 0.389 e. The molecule has 1 aromatic heterocycles. The highest BCUT2D eigenvalue weighted by atomic mass is 35.5. The fourth-order valence-corrected chi connectivity index (χ4v) is 3.65. The van der Waals surface area contributed by atoms with Crippen LogP contribution in [0.3, 0.4) is 0 Å². The molecule has 5 nitrogen and oxygen atoms in total. The van der Waals surface area contributed by atoms with Gasteiger partial charge in [0.1, 0.15) is 17.3 Å². The Labute approximate surface area is 137 Å². The molecule has 0 spiro atoms. The number of hydrogen-bond donors (Lipinski definition) is 1. The molecule has 0 aromatic carbocycles. The molecule has 3 rings (SSSR count). The lowest BCUT2D eigenvalue weighted by Gasteiger charge is -2.42. The van der Waals surface area contributed by atoms with Crippen LogP contribution in [0.5, 0.6) is 0 Å². The van der Waals surface area contributed by atoms with Crippen molar-refractivity contribution in [3.05, 3.63) is 17.5 Å². The van der Waals surface area contributed by atoms with Gasteiger partial charge in [-0.3, -0.25) is 4.90 Å². The fraction of sp³-hybridized carbons (Fsp3) is 0.750. The minimum Gasteiger partial charge on any atom is -0.389 e. The van der Waals surface area contributed by atoms with Crippen LogP contribution in [0.15, 0.2) is 12.4 Å². The van der Waals surface area contributed by atoms with E-state index in [2.05, 4.69) is 26.7 Å². The average Bonchev–Trinajstić information content (AvgIpc) is 2.51. The molecule has 0 amide bonds. The molecule has 6 heteroatoms. The lowest BCUT2D eigenvalue weighted by molar-refractivity contribution is -0.0359. The van der Waals surface area contributed by atoms with E-state index in [1.807, 2.05) is 6.07 Å². The van der Waals surface area contributed by atoms with E-state index < -0.39 is 5.60 Å². The van der Waals surface area contributed by atoms with E-state index in [-0.39, 0.29) is 0 Å². The average molecular weight is 325 g/mol. The molecular formula is C16H25ClN4O. The molecule has 0 radical (unpaired) electrons. The van der Waals surface area contributed by atoms with Crippen LogP contribution in [-0.4, -0.2) is 58.3 Å². The number of rotatable bonds is 3. The molecule has 0 unspecified atom stereocenters. The number of aliphatic hydroxyl groups is 1. The Morgan fingerprint density at radius 3 is 2.55 bits per heavy atom. The predicted molar refractivity (Wildman–Crippen MR) is 88.3 cm³/mol. The first-order valence-electron chi connectivity index (χ1n) is 8.21. The predicted octanol–water partition coefficient (Wildman–Crippen LogP) is 2.19. The first kappa shape index (κ1) is 16.0. The molecule has 1 saturated carbocycles. The zero-order chi connectivity index (χ0) is 15.6. The van der Waals surface area contributed by atoms with Gasteiger partial charge in [0.15, 0.2) is 0 Å². The Morgan fingerprint density at radius 1 is 1.23 bits per heavy atom. The summed E-state index contributed by atoms with van der Waals surface area (Å²) in [5.41, 5.74) is -0.479. The quantitative estimate of drug-likeness (QED) is 0.864. The Balaban J connectivity index is 1.51. The van der Waals surface area contributed by atoms with Gasteiger partial charge in [0, 0.05) is 38.8 Å². The second-order valence-corrected chi connectivity index (χ2v) is 7.26. The maximum absolute atomic E-state index is 10.8. The second kappa shape index (κ2) is 6.69. The summed E-state index contributed by atoms with van der Waals surface area (Å²) in [7, 11) is 0. The normalized spacial score (nSPS) is 30.5. The summed E-state index contributed by atoms with van der Waals surface area (Å²) < 4.78 is 0. The van der Waals surface area contributed by atoms with Crippen LogP contribution in [0.1, 0.15) is 32.6 Å². The molecule has 1 aliphatic carbocycles. The minimum atomic E-state index is -0.479. The molecule has 2 aliphatic rings. The van der Waals surface area contributed by atoms with Crippen molar-refractivity contribution in [1.82, 2.24) is 14.9 Å². The lowest BCUT2D eigenvalue weighted by atomic mass is 9.79. The van der Waals surface area contributed by atoms with Gasteiger partial charge in [0.05, 0.1) is 5.60 Å². The molecule has 22 heavy (non-hydrogen) atoms. The van der Waals surface area contributed by atoms with Gasteiger partial charge in [-0.05, 0) is 31.6 Å². The van der Waals surface area contributed by atoms with Gasteiger partial charge in [0.25, 0.3) is 0 Å². The van der Waals surface area contributed by atoms with Gasteiger partial charge >= 0.3 is 0 Å². The molecule has 2 heterocycles. The number of aromatic nitrogens is 2. The monoisotopic (exact) mass is 324 g/mol. The molecule has 1 aromatic rings. The van der Waals surface area contributed by atoms with Crippen LogP contribution in [-0.2, 0) is 0 Å². The number of hydrogen-bond acceptors (Lipinski definition) is 5. The highest BCUT2D eigenvalue weighted by molar-refractivity contribution is 6.29. The fourth-order valence-electron chi connectivity index (χ4n) is 3.51. The van der Waals surface area contributed by atoms with Crippen molar-refractivity contribution in [2.24, 2.45) is 5.92 Å². The highest BCUT2D eigenvalue weighted by Crippen LogP contribution is 2.32. The molecular weight excluding hydrogens is 300 g/mol. The third-order valence-corrected chi connectivity index (χ3v) is 5.25. The summed E-state index contributed by atoms with van der Waals surface area (Å²) in [6, 6.07) is 1.81. The summed E-state index contributed by atoms with van der Waals surface area (Å²) in [6.45, 7) is 6.84. The topological polar surface area (TPSA) is 52.5 Å². The number of nitrogens with zero attached hydrogens (tertiary/aromatic N) is 4. The third-order valence-electron chi connectivity index (χ3n) is 5.04. The van der Waals surface area contributed by atoms with Crippen LogP contribution in [0.25, 0.3) is 0 Å². The summed E-state index contributed by atoms with van der Waals surface area (Å²) in [5.74, 6) is 1.66. The van der Waals surface area contributed by atoms with Crippen molar-refractivity contribution in [1.29, 1.82) is 0 Å². The van der Waals surface area contributed by atoms with E-state index in [0.29, 0.717) is 5.15 Å². The highest BCUT2D eigenvalue weighted by Gasteiger charge is 2.34. The molecule has 1 aliphatic heterocycles. The Bertz CT molecular complexity index is 497. The van der Waals surface area contributed by atoms with Crippen LogP contribution in [0.4, 0.5) is 5.82 Å². The summed E-state index contributed by atoms with van der Waals surface area (Å²) in [5, 5.41) is 11.3. The van der Waals surface area contributed by atoms with Crippen molar-refractivity contribution in [2.75, 3.05) is 37.6 Å². The molecule has 2 fully saturated rings. The van der Waals surface area contributed by atoms with Crippen molar-refractivity contribution in [3.63, 3.8) is 0 Å². The van der Waals surface area contributed by atoms with Gasteiger partial charge in [-0.25, -0.2) is 9.97 Å². The van der Waals surface area contributed by atoms with Crippen LogP contribution in [0.2, 0.25) is 5.15 Å².